The van der Waals surface area contributed by atoms with Gasteiger partial charge in [0.15, 0.2) is 5.78 Å². The second-order valence-corrected chi connectivity index (χ2v) is 10.2. The molecule has 5 rings (SSSR count). The third kappa shape index (κ3) is 5.77. The van der Waals surface area contributed by atoms with Crippen LogP contribution in [0.5, 0.6) is 5.75 Å². The van der Waals surface area contributed by atoms with E-state index in [0.717, 1.165) is 30.6 Å². The molecule has 3 heterocycles. The Kier molecular flexibility index (Phi) is 7.87. The molecule has 0 aliphatic carbocycles. The molecule has 2 amide bonds. The normalized spacial score (nSPS) is 16.5. The summed E-state index contributed by atoms with van der Waals surface area (Å²) in [6, 6.07) is 20.0. The summed E-state index contributed by atoms with van der Waals surface area (Å²) in [6.45, 7) is 5.04. The Hall–Kier alpha value is -4.26. The molecule has 0 bridgehead atoms. The monoisotopic (exact) mass is 523 g/mol. The number of para-hydroxylation sites is 1. The van der Waals surface area contributed by atoms with Crippen molar-refractivity contribution in [1.29, 1.82) is 0 Å². The summed E-state index contributed by atoms with van der Waals surface area (Å²) < 4.78 is 5.65. The first-order chi connectivity index (χ1) is 19.0. The predicted octanol–water partition coefficient (Wildman–Crippen LogP) is 4.88. The van der Waals surface area contributed by atoms with Crippen molar-refractivity contribution >= 4 is 23.7 Å². The molecule has 2 aliphatic rings. The molecule has 2 aromatic carbocycles. The van der Waals surface area contributed by atoms with Crippen molar-refractivity contribution in [2.24, 2.45) is 5.41 Å². The van der Waals surface area contributed by atoms with Gasteiger partial charge in [-0.15, -0.1) is 0 Å². The Bertz CT molecular complexity index is 1380. The van der Waals surface area contributed by atoms with Crippen LogP contribution in [0, 0.1) is 5.41 Å². The number of aromatic nitrogens is 1. The highest BCUT2D eigenvalue weighted by Crippen LogP contribution is 2.41. The first-order valence-electron chi connectivity index (χ1n) is 13.5. The van der Waals surface area contributed by atoms with Gasteiger partial charge in [-0.05, 0) is 55.9 Å². The van der Waals surface area contributed by atoms with Gasteiger partial charge in [-0.3, -0.25) is 19.4 Å². The van der Waals surface area contributed by atoms with Crippen molar-refractivity contribution in [3.8, 4) is 5.75 Å². The molecule has 39 heavy (non-hydrogen) atoms. The van der Waals surface area contributed by atoms with Crippen molar-refractivity contribution in [3.63, 3.8) is 0 Å². The number of carbonyl (C=O) groups excluding carboxylic acids is 3. The van der Waals surface area contributed by atoms with E-state index in [1.807, 2.05) is 65.3 Å². The number of amides is 2. The summed E-state index contributed by atoms with van der Waals surface area (Å²) in [4.78, 5) is 47.6. The summed E-state index contributed by atoms with van der Waals surface area (Å²) in [5.41, 5.74) is 1.92. The third-order valence-corrected chi connectivity index (χ3v) is 7.78. The number of ketones is 1. The lowest BCUT2D eigenvalue weighted by Crippen LogP contribution is -2.44. The van der Waals surface area contributed by atoms with Gasteiger partial charge < -0.3 is 14.5 Å². The Morgan fingerprint density at radius 2 is 1.59 bits per heavy atom. The summed E-state index contributed by atoms with van der Waals surface area (Å²) in [7, 11) is 0. The first kappa shape index (κ1) is 26.4. The van der Waals surface area contributed by atoms with Crippen LogP contribution < -0.4 is 4.74 Å². The van der Waals surface area contributed by atoms with Crippen LogP contribution in [0.25, 0.3) is 6.08 Å². The quantitative estimate of drug-likeness (QED) is 0.326. The van der Waals surface area contributed by atoms with Crippen LogP contribution >= 0.6 is 0 Å². The molecule has 200 valence electrons. The molecule has 0 unspecified atom stereocenters. The maximum atomic E-state index is 13.5. The number of ether oxygens (including phenoxy) is 1. The van der Waals surface area contributed by atoms with E-state index in [-0.39, 0.29) is 28.7 Å². The zero-order valence-corrected chi connectivity index (χ0v) is 22.2. The SMILES string of the molecule is CCOc1ccccc1/C=C/C(=O)N1CCC2(CC1)CCN(C(=O)c1ncccc1C(=O)c1ccccc1)C2. The number of piperidine rings is 1. The summed E-state index contributed by atoms with van der Waals surface area (Å²) in [5, 5.41) is 0. The van der Waals surface area contributed by atoms with E-state index in [9.17, 15) is 14.4 Å². The maximum absolute atomic E-state index is 13.5. The summed E-state index contributed by atoms with van der Waals surface area (Å²) in [6.07, 6.45) is 7.55. The van der Waals surface area contributed by atoms with Gasteiger partial charge in [0, 0.05) is 49.6 Å². The average Bonchev–Trinajstić information content (AvgIpc) is 3.40. The van der Waals surface area contributed by atoms with Gasteiger partial charge in [0.25, 0.3) is 5.91 Å². The number of hydrogen-bond acceptors (Lipinski definition) is 5. The van der Waals surface area contributed by atoms with Gasteiger partial charge in [-0.2, -0.15) is 0 Å². The zero-order valence-electron chi connectivity index (χ0n) is 22.2. The molecule has 3 aromatic rings. The molecule has 0 N–H and O–H groups in total. The lowest BCUT2D eigenvalue weighted by molar-refractivity contribution is -0.128. The smallest absolute Gasteiger partial charge is 0.273 e. The van der Waals surface area contributed by atoms with Crippen molar-refractivity contribution in [3.05, 3.63) is 101 Å². The minimum atomic E-state index is -0.207. The number of hydrogen-bond donors (Lipinski definition) is 0. The highest BCUT2D eigenvalue weighted by molar-refractivity contribution is 6.14. The Morgan fingerprint density at radius 1 is 0.897 bits per heavy atom. The topological polar surface area (TPSA) is 79.8 Å². The van der Waals surface area contributed by atoms with Crippen LogP contribution in [0.2, 0.25) is 0 Å². The van der Waals surface area contributed by atoms with Gasteiger partial charge in [-0.1, -0.05) is 48.5 Å². The standard InChI is InChI=1S/C32H33N3O4/c1-2-39-27-13-7-6-9-24(27)14-15-28(36)34-20-16-32(17-21-34)18-22-35(23-32)31(38)29-26(12-8-19-33-29)30(37)25-10-4-3-5-11-25/h3-15,19H,2,16-18,20-23H2,1H3/b15-14+. The molecule has 0 saturated carbocycles. The molecule has 2 aliphatic heterocycles. The van der Waals surface area contributed by atoms with Crippen molar-refractivity contribution in [2.45, 2.75) is 26.2 Å². The van der Waals surface area contributed by atoms with Gasteiger partial charge in [0.1, 0.15) is 11.4 Å². The number of rotatable bonds is 7. The summed E-state index contributed by atoms with van der Waals surface area (Å²) in [5.74, 6) is 0.337. The molecule has 1 spiro atoms. The number of carbonyl (C=O) groups is 3. The highest BCUT2D eigenvalue weighted by atomic mass is 16.5. The molecular weight excluding hydrogens is 490 g/mol. The number of pyridine rings is 1. The van der Waals surface area contributed by atoms with Crippen LogP contribution in [0.1, 0.15) is 58.2 Å². The zero-order chi connectivity index (χ0) is 27.2. The van der Waals surface area contributed by atoms with Crippen LogP contribution in [0.15, 0.2) is 79.0 Å². The molecule has 2 saturated heterocycles. The molecule has 0 atom stereocenters. The van der Waals surface area contributed by atoms with E-state index in [1.54, 1.807) is 36.5 Å². The maximum Gasteiger partial charge on any atom is 0.273 e. The van der Waals surface area contributed by atoms with Gasteiger partial charge in [0.05, 0.1) is 12.2 Å². The number of benzene rings is 2. The fourth-order valence-corrected chi connectivity index (χ4v) is 5.54. The lowest BCUT2D eigenvalue weighted by Gasteiger charge is -2.39. The molecule has 0 radical (unpaired) electrons. The van der Waals surface area contributed by atoms with Gasteiger partial charge >= 0.3 is 0 Å². The molecule has 1 aromatic heterocycles. The predicted molar refractivity (Wildman–Crippen MR) is 150 cm³/mol. The van der Waals surface area contributed by atoms with Crippen molar-refractivity contribution < 1.29 is 19.1 Å². The van der Waals surface area contributed by atoms with E-state index in [1.165, 1.54) is 0 Å². The first-order valence-corrected chi connectivity index (χ1v) is 13.5. The van der Waals surface area contributed by atoms with E-state index in [0.29, 0.717) is 43.9 Å². The minimum Gasteiger partial charge on any atom is -0.493 e. The largest absolute Gasteiger partial charge is 0.493 e. The van der Waals surface area contributed by atoms with E-state index >= 15 is 0 Å². The molecule has 7 heteroatoms. The second-order valence-electron chi connectivity index (χ2n) is 10.2. The fraction of sp³-hybridized carbons (Fsp3) is 0.312. The second kappa shape index (κ2) is 11.6. The van der Waals surface area contributed by atoms with Crippen LogP contribution in [-0.4, -0.2) is 65.2 Å². The van der Waals surface area contributed by atoms with E-state index < -0.39 is 0 Å². The average molecular weight is 524 g/mol. The molecule has 7 nitrogen and oxygen atoms in total. The highest BCUT2D eigenvalue weighted by Gasteiger charge is 2.43. The van der Waals surface area contributed by atoms with Crippen molar-refractivity contribution in [1.82, 2.24) is 14.8 Å². The minimum absolute atomic E-state index is 0.0142. The van der Waals surface area contributed by atoms with Gasteiger partial charge in [-0.25, -0.2) is 0 Å². The van der Waals surface area contributed by atoms with Gasteiger partial charge in [0.2, 0.25) is 5.91 Å². The lowest BCUT2D eigenvalue weighted by atomic mass is 9.77. The Morgan fingerprint density at radius 3 is 2.33 bits per heavy atom. The number of likely N-dealkylation sites (tertiary alicyclic amines) is 2. The van der Waals surface area contributed by atoms with Crippen LogP contribution in [0.4, 0.5) is 0 Å². The van der Waals surface area contributed by atoms with Crippen LogP contribution in [0.3, 0.4) is 0 Å². The number of nitrogens with zero attached hydrogens (tertiary/aromatic N) is 3. The third-order valence-electron chi connectivity index (χ3n) is 7.78. The van der Waals surface area contributed by atoms with Crippen LogP contribution in [-0.2, 0) is 4.79 Å². The fourth-order valence-electron chi connectivity index (χ4n) is 5.54. The molecular formula is C32H33N3O4. The summed E-state index contributed by atoms with van der Waals surface area (Å²) >= 11 is 0. The molecule has 2 fully saturated rings. The Balaban J connectivity index is 1.21. The Labute approximate surface area is 229 Å². The van der Waals surface area contributed by atoms with E-state index in [2.05, 4.69) is 4.98 Å². The van der Waals surface area contributed by atoms with E-state index in [4.69, 9.17) is 4.74 Å². The van der Waals surface area contributed by atoms with Crippen molar-refractivity contribution in [2.75, 3.05) is 32.8 Å².